The summed E-state index contributed by atoms with van der Waals surface area (Å²) in [5, 5.41) is 9.09. The highest BCUT2D eigenvalue weighted by Crippen LogP contribution is 2.38. The van der Waals surface area contributed by atoms with Crippen LogP contribution in [0.4, 0.5) is 0 Å². The van der Waals surface area contributed by atoms with E-state index in [4.69, 9.17) is 9.84 Å². The van der Waals surface area contributed by atoms with Crippen LogP contribution < -0.4 is 4.74 Å². The number of ether oxygens (including phenoxy) is 1. The predicted molar refractivity (Wildman–Crippen MR) is 80.8 cm³/mol. The van der Waals surface area contributed by atoms with Crippen molar-refractivity contribution in [1.29, 1.82) is 0 Å². The van der Waals surface area contributed by atoms with Crippen LogP contribution in [0.1, 0.15) is 30.7 Å². The van der Waals surface area contributed by atoms with Crippen LogP contribution >= 0.6 is 0 Å². The molecule has 1 amide bonds. The van der Waals surface area contributed by atoms with Crippen molar-refractivity contribution in [2.24, 2.45) is 11.8 Å². The van der Waals surface area contributed by atoms with Crippen LogP contribution in [0, 0.1) is 11.8 Å². The Bertz CT molecular complexity index is 569. The number of aliphatic carboxylic acids is 1. The molecule has 2 aliphatic rings. The molecule has 5 heteroatoms. The van der Waals surface area contributed by atoms with Crippen molar-refractivity contribution in [3.63, 3.8) is 0 Å². The first kappa shape index (κ1) is 14.9. The zero-order chi connectivity index (χ0) is 15.7. The second-order valence-electron chi connectivity index (χ2n) is 6.17. The fourth-order valence-corrected chi connectivity index (χ4v) is 3.43. The standard InChI is InChI=1S/C17H21NO4/c1-22-13-4-2-11(3-5-13)12-8-9-18(10-12)16(19)14-6-7-15(14)17(20)21/h2-5,12,14-15H,6-10H2,1H3,(H,20,21). The maximum atomic E-state index is 12.5. The number of carbonyl (C=O) groups is 2. The van der Waals surface area contributed by atoms with Gasteiger partial charge < -0.3 is 14.7 Å². The molecule has 1 aromatic rings. The molecule has 1 N–H and O–H groups in total. The topological polar surface area (TPSA) is 66.8 Å². The first-order chi connectivity index (χ1) is 10.6. The van der Waals surface area contributed by atoms with Crippen LogP contribution in [0.15, 0.2) is 24.3 Å². The van der Waals surface area contributed by atoms with E-state index in [1.165, 1.54) is 5.56 Å². The highest BCUT2D eigenvalue weighted by atomic mass is 16.5. The lowest BCUT2D eigenvalue weighted by Crippen LogP contribution is -2.45. The van der Waals surface area contributed by atoms with Crippen molar-refractivity contribution in [3.8, 4) is 5.75 Å². The number of likely N-dealkylation sites (tertiary alicyclic amines) is 1. The summed E-state index contributed by atoms with van der Waals surface area (Å²) in [6, 6.07) is 7.96. The van der Waals surface area contributed by atoms with Crippen molar-refractivity contribution in [3.05, 3.63) is 29.8 Å². The Balaban J connectivity index is 1.62. The third-order valence-electron chi connectivity index (χ3n) is 5.00. The zero-order valence-corrected chi connectivity index (χ0v) is 12.7. The molecule has 1 saturated carbocycles. The monoisotopic (exact) mass is 303 g/mol. The minimum absolute atomic E-state index is 0.0228. The second-order valence-corrected chi connectivity index (χ2v) is 6.17. The van der Waals surface area contributed by atoms with E-state index in [0.717, 1.165) is 18.7 Å². The summed E-state index contributed by atoms with van der Waals surface area (Å²) in [4.78, 5) is 25.4. The Labute approximate surface area is 129 Å². The van der Waals surface area contributed by atoms with E-state index in [0.29, 0.717) is 25.3 Å². The molecule has 1 heterocycles. The summed E-state index contributed by atoms with van der Waals surface area (Å²) in [5.74, 6) is -0.448. The summed E-state index contributed by atoms with van der Waals surface area (Å²) >= 11 is 0. The van der Waals surface area contributed by atoms with Gasteiger partial charge in [0, 0.05) is 19.0 Å². The molecule has 1 aliphatic carbocycles. The van der Waals surface area contributed by atoms with E-state index in [1.807, 2.05) is 29.2 Å². The summed E-state index contributed by atoms with van der Waals surface area (Å²) in [7, 11) is 1.64. The van der Waals surface area contributed by atoms with Crippen LogP contribution in [0.5, 0.6) is 5.75 Å². The fraction of sp³-hybridized carbons (Fsp3) is 0.529. The molecular weight excluding hydrogens is 282 g/mol. The van der Waals surface area contributed by atoms with E-state index in [1.54, 1.807) is 7.11 Å². The first-order valence-corrected chi connectivity index (χ1v) is 7.75. The molecule has 0 spiro atoms. The van der Waals surface area contributed by atoms with Gasteiger partial charge in [-0.2, -0.15) is 0 Å². The van der Waals surface area contributed by atoms with E-state index < -0.39 is 11.9 Å². The van der Waals surface area contributed by atoms with Crippen molar-refractivity contribution in [2.75, 3.05) is 20.2 Å². The summed E-state index contributed by atoms with van der Waals surface area (Å²) in [5.41, 5.74) is 1.21. The molecule has 118 valence electrons. The SMILES string of the molecule is COc1ccc(C2CCN(C(=O)C3CCC3C(=O)O)C2)cc1. The Morgan fingerprint density at radius 2 is 1.82 bits per heavy atom. The number of hydrogen-bond acceptors (Lipinski definition) is 3. The Hall–Kier alpha value is -2.04. The van der Waals surface area contributed by atoms with Crippen molar-refractivity contribution >= 4 is 11.9 Å². The van der Waals surface area contributed by atoms with Gasteiger partial charge in [0.25, 0.3) is 0 Å². The van der Waals surface area contributed by atoms with Crippen molar-refractivity contribution in [2.45, 2.75) is 25.2 Å². The molecule has 22 heavy (non-hydrogen) atoms. The fourth-order valence-electron chi connectivity index (χ4n) is 3.43. The lowest BCUT2D eigenvalue weighted by atomic mass is 9.73. The predicted octanol–water partition coefficient (Wildman–Crippen LogP) is 2.12. The molecule has 5 nitrogen and oxygen atoms in total. The lowest BCUT2D eigenvalue weighted by molar-refractivity contribution is -0.156. The summed E-state index contributed by atoms with van der Waals surface area (Å²) in [6.45, 7) is 1.41. The Morgan fingerprint density at radius 1 is 1.14 bits per heavy atom. The van der Waals surface area contributed by atoms with E-state index in [-0.39, 0.29) is 11.8 Å². The maximum absolute atomic E-state index is 12.5. The van der Waals surface area contributed by atoms with Gasteiger partial charge in [-0.1, -0.05) is 12.1 Å². The van der Waals surface area contributed by atoms with Gasteiger partial charge in [-0.15, -0.1) is 0 Å². The highest BCUT2D eigenvalue weighted by Gasteiger charge is 2.44. The van der Waals surface area contributed by atoms with Crippen LogP contribution in [0.3, 0.4) is 0 Å². The van der Waals surface area contributed by atoms with Gasteiger partial charge in [0.15, 0.2) is 0 Å². The zero-order valence-electron chi connectivity index (χ0n) is 12.7. The number of carbonyl (C=O) groups excluding carboxylic acids is 1. The summed E-state index contributed by atoms with van der Waals surface area (Å²) < 4.78 is 5.16. The van der Waals surface area contributed by atoms with Gasteiger partial charge in [0.2, 0.25) is 5.91 Å². The van der Waals surface area contributed by atoms with Crippen LogP contribution in [0.25, 0.3) is 0 Å². The summed E-state index contributed by atoms with van der Waals surface area (Å²) in [6.07, 6.45) is 2.27. The van der Waals surface area contributed by atoms with E-state index >= 15 is 0 Å². The van der Waals surface area contributed by atoms with Crippen molar-refractivity contribution < 1.29 is 19.4 Å². The average Bonchev–Trinajstić information content (AvgIpc) is 2.95. The largest absolute Gasteiger partial charge is 0.497 e. The Morgan fingerprint density at radius 3 is 2.36 bits per heavy atom. The number of methoxy groups -OCH3 is 1. The van der Waals surface area contributed by atoms with Crippen LogP contribution in [-0.4, -0.2) is 42.1 Å². The van der Waals surface area contributed by atoms with Gasteiger partial charge >= 0.3 is 5.97 Å². The van der Waals surface area contributed by atoms with E-state index in [2.05, 4.69) is 0 Å². The molecule has 1 aromatic carbocycles. The normalized spacial score (nSPS) is 27.3. The Kier molecular flexibility index (Phi) is 4.05. The second kappa shape index (κ2) is 5.99. The highest BCUT2D eigenvalue weighted by molar-refractivity contribution is 5.86. The van der Waals surface area contributed by atoms with Crippen LogP contribution in [0.2, 0.25) is 0 Å². The number of hydrogen-bond donors (Lipinski definition) is 1. The van der Waals surface area contributed by atoms with Gasteiger partial charge in [0.05, 0.1) is 18.9 Å². The number of amides is 1. The van der Waals surface area contributed by atoms with Gasteiger partial charge in [-0.25, -0.2) is 0 Å². The van der Waals surface area contributed by atoms with Gasteiger partial charge in [-0.3, -0.25) is 9.59 Å². The maximum Gasteiger partial charge on any atom is 0.307 e. The third kappa shape index (κ3) is 2.67. The molecule has 1 saturated heterocycles. The molecule has 0 bridgehead atoms. The molecule has 3 unspecified atom stereocenters. The smallest absolute Gasteiger partial charge is 0.307 e. The molecule has 1 aliphatic heterocycles. The van der Waals surface area contributed by atoms with Gasteiger partial charge in [-0.05, 0) is 37.0 Å². The molecule has 0 aromatic heterocycles. The molecule has 3 rings (SSSR count). The molecule has 2 fully saturated rings. The molecular formula is C17H21NO4. The number of rotatable bonds is 4. The van der Waals surface area contributed by atoms with Crippen LogP contribution in [-0.2, 0) is 9.59 Å². The number of carboxylic acids is 1. The first-order valence-electron chi connectivity index (χ1n) is 7.75. The van der Waals surface area contributed by atoms with Gasteiger partial charge in [0.1, 0.15) is 5.75 Å². The lowest BCUT2D eigenvalue weighted by Gasteiger charge is -2.35. The minimum Gasteiger partial charge on any atom is -0.497 e. The molecule has 0 radical (unpaired) electrons. The number of carboxylic acid groups (broad SMARTS) is 1. The minimum atomic E-state index is -0.837. The van der Waals surface area contributed by atoms with E-state index in [9.17, 15) is 9.59 Å². The quantitative estimate of drug-likeness (QED) is 0.925. The van der Waals surface area contributed by atoms with Crippen molar-refractivity contribution in [1.82, 2.24) is 4.90 Å². The molecule has 3 atom stereocenters. The average molecular weight is 303 g/mol. The number of benzene rings is 1. The number of nitrogens with zero attached hydrogens (tertiary/aromatic N) is 1. The third-order valence-corrected chi connectivity index (χ3v) is 5.00.